The molecule has 2 rings (SSSR count). The third-order valence-electron chi connectivity index (χ3n) is 3.55. The van der Waals surface area contributed by atoms with Crippen LogP contribution in [0.4, 0.5) is 9.59 Å². The van der Waals surface area contributed by atoms with Crippen molar-refractivity contribution in [3.63, 3.8) is 0 Å². The van der Waals surface area contributed by atoms with E-state index in [0.29, 0.717) is 39.3 Å². The number of carbonyl (C=O) groups is 2. The van der Waals surface area contributed by atoms with E-state index in [1.165, 1.54) is 4.90 Å². The average molecular weight is 307 g/mol. The number of nitrogens with zero attached hydrogens (tertiary/aromatic N) is 2. The van der Waals surface area contributed by atoms with Gasteiger partial charge < -0.3 is 20.1 Å². The van der Waals surface area contributed by atoms with Crippen LogP contribution in [0.3, 0.4) is 0 Å². The molecule has 0 atom stereocenters. The molecule has 1 aliphatic rings. The van der Waals surface area contributed by atoms with Crippen molar-refractivity contribution >= 4 is 12.2 Å². The van der Waals surface area contributed by atoms with Crippen LogP contribution in [-0.2, 0) is 11.3 Å². The van der Waals surface area contributed by atoms with Gasteiger partial charge in [0.1, 0.15) is 6.61 Å². The zero-order valence-electron chi connectivity index (χ0n) is 12.4. The van der Waals surface area contributed by atoms with Gasteiger partial charge in [0.15, 0.2) is 0 Å². The molecule has 2 N–H and O–H groups in total. The molecule has 2 amide bonds. The minimum absolute atomic E-state index is 0.254. The lowest BCUT2D eigenvalue weighted by Crippen LogP contribution is -2.49. The molecular formula is C15H21N3O4. The van der Waals surface area contributed by atoms with Gasteiger partial charge in [0, 0.05) is 39.3 Å². The largest absolute Gasteiger partial charge is 0.465 e. The summed E-state index contributed by atoms with van der Waals surface area (Å²) < 4.78 is 5.11. The van der Waals surface area contributed by atoms with E-state index in [0.717, 1.165) is 5.56 Å². The number of hydrogen-bond donors (Lipinski definition) is 2. The first-order valence-electron chi connectivity index (χ1n) is 7.30. The molecule has 0 saturated carbocycles. The van der Waals surface area contributed by atoms with Gasteiger partial charge in [-0.15, -0.1) is 0 Å². The SMILES string of the molecule is O=C(NCCN1CCN(C(=O)O)CC1)OCc1ccccc1. The second-order valence-corrected chi connectivity index (χ2v) is 5.10. The lowest BCUT2D eigenvalue weighted by atomic mass is 10.2. The van der Waals surface area contributed by atoms with E-state index in [9.17, 15) is 9.59 Å². The van der Waals surface area contributed by atoms with Crippen LogP contribution in [0.5, 0.6) is 0 Å². The van der Waals surface area contributed by atoms with Crippen molar-refractivity contribution in [3.05, 3.63) is 35.9 Å². The molecule has 0 bridgehead atoms. The maximum absolute atomic E-state index is 11.6. The first-order chi connectivity index (χ1) is 10.6. The van der Waals surface area contributed by atoms with Crippen LogP contribution < -0.4 is 5.32 Å². The summed E-state index contributed by atoms with van der Waals surface area (Å²) in [5.74, 6) is 0. The van der Waals surface area contributed by atoms with Gasteiger partial charge in [-0.1, -0.05) is 30.3 Å². The molecule has 1 aromatic carbocycles. The molecule has 1 aromatic rings. The number of nitrogens with one attached hydrogen (secondary N) is 1. The molecule has 1 fully saturated rings. The zero-order chi connectivity index (χ0) is 15.8. The summed E-state index contributed by atoms with van der Waals surface area (Å²) in [4.78, 5) is 25.9. The number of hydrogen-bond acceptors (Lipinski definition) is 4. The Kier molecular flexibility index (Phi) is 6.02. The number of carbonyl (C=O) groups excluding carboxylic acids is 1. The van der Waals surface area contributed by atoms with Gasteiger partial charge in [-0.2, -0.15) is 0 Å². The van der Waals surface area contributed by atoms with Gasteiger partial charge >= 0.3 is 12.2 Å². The number of alkyl carbamates (subject to hydrolysis) is 1. The number of piperazine rings is 1. The Morgan fingerprint density at radius 2 is 1.82 bits per heavy atom. The summed E-state index contributed by atoms with van der Waals surface area (Å²) in [6.45, 7) is 3.82. The highest BCUT2D eigenvalue weighted by molar-refractivity contribution is 5.67. The minimum Gasteiger partial charge on any atom is -0.465 e. The summed E-state index contributed by atoms with van der Waals surface area (Å²) in [6.07, 6.45) is -1.31. The number of carboxylic acid groups (broad SMARTS) is 1. The highest BCUT2D eigenvalue weighted by Crippen LogP contribution is 2.02. The first kappa shape index (κ1) is 16.1. The predicted octanol–water partition coefficient (Wildman–Crippen LogP) is 1.21. The van der Waals surface area contributed by atoms with Gasteiger partial charge in [-0.25, -0.2) is 9.59 Å². The van der Waals surface area contributed by atoms with E-state index >= 15 is 0 Å². The summed E-state index contributed by atoms with van der Waals surface area (Å²) in [5, 5.41) is 11.6. The number of benzene rings is 1. The quantitative estimate of drug-likeness (QED) is 0.854. The predicted molar refractivity (Wildman–Crippen MR) is 80.7 cm³/mol. The van der Waals surface area contributed by atoms with E-state index in [4.69, 9.17) is 9.84 Å². The molecule has 7 heteroatoms. The molecule has 7 nitrogen and oxygen atoms in total. The first-order valence-corrected chi connectivity index (χ1v) is 7.30. The number of amides is 2. The van der Waals surface area contributed by atoms with Gasteiger partial charge in [0.05, 0.1) is 0 Å². The van der Waals surface area contributed by atoms with Crippen molar-refractivity contribution in [1.29, 1.82) is 0 Å². The van der Waals surface area contributed by atoms with Crippen molar-refractivity contribution in [2.75, 3.05) is 39.3 Å². The molecule has 0 aromatic heterocycles. The monoisotopic (exact) mass is 307 g/mol. The molecule has 1 heterocycles. The van der Waals surface area contributed by atoms with Crippen LogP contribution in [0.1, 0.15) is 5.56 Å². The number of rotatable bonds is 5. The van der Waals surface area contributed by atoms with E-state index in [1.807, 2.05) is 30.3 Å². The Balaban J connectivity index is 1.57. The Labute approximate surface area is 129 Å². The Hall–Kier alpha value is -2.28. The molecule has 0 aliphatic carbocycles. The Morgan fingerprint density at radius 1 is 1.14 bits per heavy atom. The molecule has 0 spiro atoms. The maximum Gasteiger partial charge on any atom is 0.407 e. The topological polar surface area (TPSA) is 82.1 Å². The highest BCUT2D eigenvalue weighted by Gasteiger charge is 2.19. The summed E-state index contributed by atoms with van der Waals surface area (Å²) in [6, 6.07) is 9.50. The fourth-order valence-electron chi connectivity index (χ4n) is 2.25. The molecule has 120 valence electrons. The fraction of sp³-hybridized carbons (Fsp3) is 0.467. The van der Waals surface area contributed by atoms with Gasteiger partial charge in [-0.05, 0) is 5.56 Å². The summed E-state index contributed by atoms with van der Waals surface area (Å²) >= 11 is 0. The zero-order valence-corrected chi connectivity index (χ0v) is 12.4. The molecule has 1 aliphatic heterocycles. The number of ether oxygens (including phenoxy) is 1. The third kappa shape index (κ3) is 5.25. The standard InChI is InChI=1S/C15H21N3O4/c19-14(22-12-13-4-2-1-3-5-13)16-6-7-17-8-10-18(11-9-17)15(20)21/h1-5H,6-12H2,(H,16,19)(H,20,21). The Morgan fingerprint density at radius 3 is 2.45 bits per heavy atom. The second-order valence-electron chi connectivity index (χ2n) is 5.10. The van der Waals surface area contributed by atoms with Gasteiger partial charge in [-0.3, -0.25) is 4.90 Å². The third-order valence-corrected chi connectivity index (χ3v) is 3.55. The van der Waals surface area contributed by atoms with E-state index in [1.54, 1.807) is 0 Å². The van der Waals surface area contributed by atoms with Crippen LogP contribution in [0.25, 0.3) is 0 Å². The lowest BCUT2D eigenvalue weighted by Gasteiger charge is -2.32. The van der Waals surface area contributed by atoms with Crippen LogP contribution in [0, 0.1) is 0 Å². The van der Waals surface area contributed by atoms with Crippen molar-refractivity contribution in [3.8, 4) is 0 Å². The van der Waals surface area contributed by atoms with Crippen molar-refractivity contribution < 1.29 is 19.4 Å². The minimum atomic E-state index is -0.873. The molecule has 1 saturated heterocycles. The average Bonchev–Trinajstić information content (AvgIpc) is 2.54. The molecule has 0 radical (unpaired) electrons. The van der Waals surface area contributed by atoms with Crippen molar-refractivity contribution in [2.24, 2.45) is 0 Å². The highest BCUT2D eigenvalue weighted by atomic mass is 16.5. The van der Waals surface area contributed by atoms with Crippen LogP contribution in [-0.4, -0.2) is 66.4 Å². The smallest absolute Gasteiger partial charge is 0.407 e. The van der Waals surface area contributed by atoms with Gasteiger partial charge in [0.25, 0.3) is 0 Å². The van der Waals surface area contributed by atoms with Crippen LogP contribution in [0.15, 0.2) is 30.3 Å². The molecule has 0 unspecified atom stereocenters. The summed E-state index contributed by atoms with van der Waals surface area (Å²) in [7, 11) is 0. The van der Waals surface area contributed by atoms with E-state index in [-0.39, 0.29) is 6.61 Å². The normalized spacial score (nSPS) is 15.4. The van der Waals surface area contributed by atoms with Crippen molar-refractivity contribution in [2.45, 2.75) is 6.61 Å². The molecule has 22 heavy (non-hydrogen) atoms. The fourth-order valence-corrected chi connectivity index (χ4v) is 2.25. The maximum atomic E-state index is 11.6. The second kappa shape index (κ2) is 8.23. The van der Waals surface area contributed by atoms with Crippen molar-refractivity contribution in [1.82, 2.24) is 15.1 Å². The lowest BCUT2D eigenvalue weighted by molar-refractivity contribution is 0.104. The molecular weight excluding hydrogens is 286 g/mol. The van der Waals surface area contributed by atoms with Crippen LogP contribution >= 0.6 is 0 Å². The van der Waals surface area contributed by atoms with Crippen LogP contribution in [0.2, 0.25) is 0 Å². The Bertz CT molecular complexity index is 487. The summed E-state index contributed by atoms with van der Waals surface area (Å²) in [5.41, 5.74) is 0.947. The van der Waals surface area contributed by atoms with Gasteiger partial charge in [0.2, 0.25) is 0 Å². The van der Waals surface area contributed by atoms with E-state index in [2.05, 4.69) is 10.2 Å². The van der Waals surface area contributed by atoms with E-state index < -0.39 is 12.2 Å².